The summed E-state index contributed by atoms with van der Waals surface area (Å²) in [4.78, 5) is 5.37. The Balaban J connectivity index is 1.23. The third kappa shape index (κ3) is 7.27. The number of benzene rings is 2. The molecule has 0 aliphatic carbocycles. The van der Waals surface area contributed by atoms with Crippen LogP contribution in [0.5, 0.6) is 5.75 Å². The van der Waals surface area contributed by atoms with E-state index in [9.17, 15) is 17.6 Å². The molecule has 0 atom stereocenters. The molecule has 0 saturated carbocycles. The summed E-state index contributed by atoms with van der Waals surface area (Å²) in [7, 11) is 0. The fourth-order valence-electron chi connectivity index (χ4n) is 3.09. The third-order valence-electron chi connectivity index (χ3n) is 4.87. The highest BCUT2D eigenvalue weighted by atomic mass is 32.2. The SMILES string of the molecule is Fc1cc(C(F)(F)F)ccc1/C=C/c1nc(COc2ccc(SCCCN3C=CNN3)cc2)co1. The van der Waals surface area contributed by atoms with Crippen LogP contribution in [0.2, 0.25) is 0 Å². The topological polar surface area (TPSA) is 62.6 Å². The minimum absolute atomic E-state index is 0.00600. The largest absolute Gasteiger partial charge is 0.487 e. The van der Waals surface area contributed by atoms with Crippen LogP contribution in [0.4, 0.5) is 17.6 Å². The molecule has 0 amide bonds. The number of hydrogen-bond acceptors (Lipinski definition) is 7. The van der Waals surface area contributed by atoms with Gasteiger partial charge in [-0.05, 0) is 54.6 Å². The van der Waals surface area contributed by atoms with Crippen molar-refractivity contribution >= 4 is 23.9 Å². The molecule has 1 aromatic heterocycles. The average molecular weight is 507 g/mol. The fraction of sp³-hybridized carbons (Fsp3) is 0.208. The summed E-state index contributed by atoms with van der Waals surface area (Å²) >= 11 is 1.76. The molecule has 0 spiro atoms. The Morgan fingerprint density at radius 3 is 2.66 bits per heavy atom. The van der Waals surface area contributed by atoms with Gasteiger partial charge in [-0.1, -0.05) is 6.07 Å². The van der Waals surface area contributed by atoms with Crippen molar-refractivity contribution in [2.24, 2.45) is 0 Å². The quantitative estimate of drug-likeness (QED) is 0.203. The molecule has 4 rings (SSSR count). The highest BCUT2D eigenvalue weighted by Gasteiger charge is 2.30. The molecule has 1 aliphatic heterocycles. The van der Waals surface area contributed by atoms with Gasteiger partial charge < -0.3 is 14.6 Å². The maximum atomic E-state index is 13.9. The molecule has 3 aromatic rings. The molecular formula is C24H22F4N4O2S. The number of hydrogen-bond donors (Lipinski definition) is 2. The maximum Gasteiger partial charge on any atom is 0.416 e. The number of rotatable bonds is 10. The summed E-state index contributed by atoms with van der Waals surface area (Å²) in [5.41, 5.74) is 5.37. The second-order valence-electron chi connectivity index (χ2n) is 7.47. The van der Waals surface area contributed by atoms with E-state index < -0.39 is 17.6 Å². The minimum Gasteiger partial charge on any atom is -0.487 e. The molecule has 0 unspecified atom stereocenters. The average Bonchev–Trinajstić information content (AvgIpc) is 3.52. The van der Waals surface area contributed by atoms with Crippen LogP contribution in [-0.2, 0) is 12.8 Å². The Morgan fingerprint density at radius 2 is 1.94 bits per heavy atom. The van der Waals surface area contributed by atoms with Gasteiger partial charge >= 0.3 is 6.18 Å². The van der Waals surface area contributed by atoms with Gasteiger partial charge in [0.2, 0.25) is 5.89 Å². The first kappa shape index (κ1) is 24.7. The van der Waals surface area contributed by atoms with Crippen molar-refractivity contribution in [1.29, 1.82) is 0 Å². The Bertz CT molecular complexity index is 1180. The van der Waals surface area contributed by atoms with E-state index in [0.717, 1.165) is 35.7 Å². The lowest BCUT2D eigenvalue weighted by Gasteiger charge is -2.14. The van der Waals surface area contributed by atoms with Gasteiger partial charge in [-0.15, -0.1) is 17.3 Å². The number of thioether (sulfide) groups is 1. The van der Waals surface area contributed by atoms with Crippen LogP contribution in [-0.4, -0.2) is 22.3 Å². The zero-order valence-corrected chi connectivity index (χ0v) is 19.2. The van der Waals surface area contributed by atoms with Gasteiger partial charge in [-0.2, -0.15) is 13.2 Å². The summed E-state index contributed by atoms with van der Waals surface area (Å²) in [6.45, 7) is 1.08. The van der Waals surface area contributed by atoms with E-state index in [1.165, 1.54) is 18.4 Å². The zero-order chi connectivity index (χ0) is 24.7. The molecule has 1 aliphatic rings. The smallest absolute Gasteiger partial charge is 0.416 e. The summed E-state index contributed by atoms with van der Waals surface area (Å²) in [6, 6.07) is 10.1. The van der Waals surface area contributed by atoms with Crippen LogP contribution in [0.1, 0.15) is 29.1 Å². The van der Waals surface area contributed by atoms with E-state index in [-0.39, 0.29) is 18.1 Å². The number of hydrazine groups is 2. The Morgan fingerprint density at radius 1 is 1.11 bits per heavy atom. The first-order chi connectivity index (χ1) is 16.9. The molecule has 0 saturated heterocycles. The van der Waals surface area contributed by atoms with Crippen molar-refractivity contribution in [1.82, 2.24) is 21.0 Å². The van der Waals surface area contributed by atoms with Gasteiger partial charge in [-0.3, -0.25) is 5.01 Å². The Labute approximate surface area is 203 Å². The van der Waals surface area contributed by atoms with E-state index in [4.69, 9.17) is 9.15 Å². The molecule has 6 nitrogen and oxygen atoms in total. The Kier molecular flexibility index (Phi) is 7.98. The van der Waals surface area contributed by atoms with Crippen LogP contribution >= 0.6 is 11.8 Å². The number of aromatic nitrogens is 1. The van der Waals surface area contributed by atoms with Gasteiger partial charge in [0.05, 0.1) is 5.56 Å². The molecule has 0 fully saturated rings. The van der Waals surface area contributed by atoms with Crippen LogP contribution in [0.25, 0.3) is 12.2 Å². The van der Waals surface area contributed by atoms with Crippen molar-refractivity contribution < 1.29 is 26.7 Å². The monoisotopic (exact) mass is 506 g/mol. The molecule has 184 valence electrons. The molecule has 0 radical (unpaired) electrons. The zero-order valence-electron chi connectivity index (χ0n) is 18.4. The number of nitrogens with one attached hydrogen (secondary N) is 2. The maximum absolute atomic E-state index is 13.9. The highest BCUT2D eigenvalue weighted by Crippen LogP contribution is 2.30. The lowest BCUT2D eigenvalue weighted by molar-refractivity contribution is -0.137. The number of halogens is 4. The van der Waals surface area contributed by atoms with E-state index in [2.05, 4.69) is 15.9 Å². The van der Waals surface area contributed by atoms with Crippen LogP contribution in [0, 0.1) is 5.82 Å². The lowest BCUT2D eigenvalue weighted by Crippen LogP contribution is -2.36. The van der Waals surface area contributed by atoms with Crippen molar-refractivity contribution in [2.75, 3.05) is 12.3 Å². The summed E-state index contributed by atoms with van der Waals surface area (Å²) in [5.74, 6) is 0.868. The predicted octanol–water partition coefficient (Wildman–Crippen LogP) is 5.86. The molecule has 11 heteroatoms. The molecule has 35 heavy (non-hydrogen) atoms. The standard InChI is InChI=1S/C24H22F4N4O2S/c25-22-14-18(24(26,27)28)4-2-17(22)3-9-23-30-19(16-34-23)15-33-20-5-7-21(8-6-20)35-13-1-11-32-12-10-29-31-32/h2-10,12,14,16,29,31H,1,11,13,15H2/b9-3+. The van der Waals surface area contributed by atoms with E-state index in [1.54, 1.807) is 11.8 Å². The fourth-order valence-corrected chi connectivity index (χ4v) is 3.93. The first-order valence-corrected chi connectivity index (χ1v) is 11.6. The summed E-state index contributed by atoms with van der Waals surface area (Å²) in [5, 5.41) is 1.98. The van der Waals surface area contributed by atoms with Crippen LogP contribution in [0.15, 0.2) is 70.4 Å². The molecule has 0 bridgehead atoms. The molecule has 2 aromatic carbocycles. The normalized spacial score (nSPS) is 13.5. The van der Waals surface area contributed by atoms with Gasteiger partial charge in [0.1, 0.15) is 30.1 Å². The lowest BCUT2D eigenvalue weighted by atomic mass is 10.1. The summed E-state index contributed by atoms with van der Waals surface area (Å²) < 4.78 is 62.9. The van der Waals surface area contributed by atoms with E-state index in [0.29, 0.717) is 17.5 Å². The second kappa shape index (κ2) is 11.3. The van der Waals surface area contributed by atoms with Gasteiger partial charge in [0, 0.05) is 35.5 Å². The van der Waals surface area contributed by atoms with Crippen molar-refractivity contribution in [3.05, 3.63) is 89.7 Å². The van der Waals surface area contributed by atoms with Crippen molar-refractivity contribution in [2.45, 2.75) is 24.1 Å². The van der Waals surface area contributed by atoms with Gasteiger partial charge in [0.25, 0.3) is 0 Å². The van der Waals surface area contributed by atoms with E-state index in [1.807, 2.05) is 41.7 Å². The minimum atomic E-state index is -4.60. The van der Waals surface area contributed by atoms with Crippen molar-refractivity contribution in [3.63, 3.8) is 0 Å². The number of alkyl halides is 3. The van der Waals surface area contributed by atoms with Gasteiger partial charge in [0.15, 0.2) is 0 Å². The summed E-state index contributed by atoms with van der Waals surface area (Å²) in [6.07, 6.45) is 4.31. The van der Waals surface area contributed by atoms with Gasteiger partial charge in [-0.25, -0.2) is 9.37 Å². The number of ether oxygens (including phenoxy) is 1. The van der Waals surface area contributed by atoms with E-state index >= 15 is 0 Å². The number of oxazole rings is 1. The predicted molar refractivity (Wildman–Crippen MR) is 125 cm³/mol. The Hall–Kier alpha value is -3.44. The van der Waals surface area contributed by atoms with Crippen molar-refractivity contribution in [3.8, 4) is 5.75 Å². The first-order valence-electron chi connectivity index (χ1n) is 10.7. The van der Waals surface area contributed by atoms with Crippen LogP contribution < -0.4 is 15.7 Å². The number of nitrogens with zero attached hydrogens (tertiary/aromatic N) is 2. The molecular weight excluding hydrogens is 484 g/mol. The molecule has 2 heterocycles. The third-order valence-corrected chi connectivity index (χ3v) is 5.97. The molecule has 2 N–H and O–H groups in total. The van der Waals surface area contributed by atoms with Crippen LogP contribution in [0.3, 0.4) is 0 Å². The second-order valence-corrected chi connectivity index (χ2v) is 8.64. The highest BCUT2D eigenvalue weighted by molar-refractivity contribution is 7.99.